The standard InChI is InChI=1S/C19H14ClFN4O2/c20-12-7-5-11(6-8-12)13-10-22-25-16(19(27)24-18(13)25)9-17(26)23-15-4-2-1-3-14(15)21/h1-8,10,16H,9H2,(H,23,26)(H,24,27). The zero-order chi connectivity index (χ0) is 19.0. The third-order valence-corrected chi connectivity index (χ3v) is 4.57. The number of benzene rings is 2. The number of aromatic nitrogens is 2. The lowest BCUT2D eigenvalue weighted by molar-refractivity contribution is -0.123. The molecule has 1 aliphatic rings. The van der Waals surface area contributed by atoms with E-state index in [1.165, 1.54) is 22.9 Å². The Morgan fingerprint density at radius 3 is 2.70 bits per heavy atom. The molecule has 0 fully saturated rings. The number of hydrogen-bond donors (Lipinski definition) is 2. The van der Waals surface area contributed by atoms with Crippen LogP contribution in [-0.2, 0) is 9.59 Å². The number of rotatable bonds is 4. The van der Waals surface area contributed by atoms with Gasteiger partial charge in [0.15, 0.2) is 0 Å². The Hall–Kier alpha value is -3.19. The summed E-state index contributed by atoms with van der Waals surface area (Å²) in [5, 5.41) is 10.1. The zero-order valence-corrected chi connectivity index (χ0v) is 14.7. The Balaban J connectivity index is 1.55. The molecule has 1 aliphatic heterocycles. The van der Waals surface area contributed by atoms with Crippen molar-refractivity contribution in [2.75, 3.05) is 10.6 Å². The van der Waals surface area contributed by atoms with Crippen molar-refractivity contribution in [1.82, 2.24) is 9.78 Å². The van der Waals surface area contributed by atoms with E-state index in [1.807, 2.05) is 12.1 Å². The SMILES string of the molecule is O=C(CC1C(=O)Nc2c(-c3ccc(Cl)cc3)cnn21)Nc1ccccc1F. The molecule has 0 bridgehead atoms. The second-order valence-electron chi connectivity index (χ2n) is 6.10. The molecule has 1 unspecified atom stereocenters. The minimum absolute atomic E-state index is 0.0726. The summed E-state index contributed by atoms with van der Waals surface area (Å²) < 4.78 is 15.2. The minimum atomic E-state index is -0.798. The third kappa shape index (κ3) is 3.29. The summed E-state index contributed by atoms with van der Waals surface area (Å²) in [5.74, 6) is -0.828. The van der Waals surface area contributed by atoms with Gasteiger partial charge in [-0.2, -0.15) is 5.10 Å². The normalized spacial score (nSPS) is 15.3. The minimum Gasteiger partial charge on any atom is -0.324 e. The summed E-state index contributed by atoms with van der Waals surface area (Å²) in [7, 11) is 0. The fraction of sp³-hybridized carbons (Fsp3) is 0.105. The number of nitrogens with zero attached hydrogens (tertiary/aromatic N) is 2. The first-order valence-corrected chi connectivity index (χ1v) is 8.59. The summed E-state index contributed by atoms with van der Waals surface area (Å²) in [6, 6.07) is 12.2. The second-order valence-corrected chi connectivity index (χ2v) is 6.53. The lowest BCUT2D eigenvalue weighted by atomic mass is 10.1. The van der Waals surface area contributed by atoms with Crippen molar-refractivity contribution in [3.63, 3.8) is 0 Å². The van der Waals surface area contributed by atoms with Gasteiger partial charge in [0.2, 0.25) is 5.91 Å². The topological polar surface area (TPSA) is 76.0 Å². The number of fused-ring (bicyclic) bond motifs is 1. The van der Waals surface area contributed by atoms with Crippen LogP contribution in [0, 0.1) is 5.82 Å². The second kappa shape index (κ2) is 6.85. The summed E-state index contributed by atoms with van der Waals surface area (Å²) in [4.78, 5) is 24.6. The maximum atomic E-state index is 13.7. The monoisotopic (exact) mass is 384 g/mol. The number of amides is 2. The van der Waals surface area contributed by atoms with Crippen molar-refractivity contribution >= 4 is 34.9 Å². The van der Waals surface area contributed by atoms with E-state index in [4.69, 9.17) is 11.6 Å². The van der Waals surface area contributed by atoms with Gasteiger partial charge in [-0.15, -0.1) is 0 Å². The van der Waals surface area contributed by atoms with Crippen LogP contribution in [0.2, 0.25) is 5.02 Å². The molecule has 1 atom stereocenters. The van der Waals surface area contributed by atoms with Crippen molar-refractivity contribution in [1.29, 1.82) is 0 Å². The third-order valence-electron chi connectivity index (χ3n) is 4.32. The molecule has 3 aromatic rings. The Bertz CT molecular complexity index is 1030. The first kappa shape index (κ1) is 17.2. The molecule has 1 aromatic heterocycles. The van der Waals surface area contributed by atoms with Gasteiger partial charge in [0, 0.05) is 10.6 Å². The number of nitrogens with one attached hydrogen (secondary N) is 2. The van der Waals surface area contributed by atoms with E-state index in [2.05, 4.69) is 15.7 Å². The maximum Gasteiger partial charge on any atom is 0.251 e. The van der Waals surface area contributed by atoms with Crippen LogP contribution in [0.4, 0.5) is 15.9 Å². The predicted octanol–water partition coefficient (Wildman–Crippen LogP) is 3.86. The average Bonchev–Trinajstić information content (AvgIpc) is 3.18. The molecule has 0 saturated heterocycles. The molecule has 8 heteroatoms. The molecule has 6 nitrogen and oxygen atoms in total. The molecule has 136 valence electrons. The van der Waals surface area contributed by atoms with E-state index >= 15 is 0 Å². The first-order chi connectivity index (χ1) is 13.0. The van der Waals surface area contributed by atoms with Gasteiger partial charge in [0.25, 0.3) is 5.91 Å². The summed E-state index contributed by atoms with van der Waals surface area (Å²) in [6.07, 6.45) is 1.47. The Labute approximate surface area is 158 Å². The fourth-order valence-electron chi connectivity index (χ4n) is 2.99. The zero-order valence-electron chi connectivity index (χ0n) is 13.9. The molecular weight excluding hydrogens is 371 g/mol. The molecule has 27 heavy (non-hydrogen) atoms. The molecule has 4 rings (SSSR count). The van der Waals surface area contributed by atoms with Gasteiger partial charge in [-0.05, 0) is 29.8 Å². The molecule has 0 spiro atoms. The highest BCUT2D eigenvalue weighted by Crippen LogP contribution is 2.36. The van der Waals surface area contributed by atoms with E-state index in [9.17, 15) is 14.0 Å². The van der Waals surface area contributed by atoms with Crippen molar-refractivity contribution < 1.29 is 14.0 Å². The molecule has 2 heterocycles. The van der Waals surface area contributed by atoms with E-state index in [1.54, 1.807) is 24.4 Å². The number of carbonyl (C=O) groups excluding carboxylic acids is 2. The summed E-state index contributed by atoms with van der Waals surface area (Å²) in [6.45, 7) is 0. The molecule has 0 saturated carbocycles. The highest BCUT2D eigenvalue weighted by Gasteiger charge is 2.35. The highest BCUT2D eigenvalue weighted by molar-refractivity contribution is 6.30. The van der Waals surface area contributed by atoms with Gasteiger partial charge in [-0.25, -0.2) is 9.07 Å². The quantitative estimate of drug-likeness (QED) is 0.717. The van der Waals surface area contributed by atoms with Crippen LogP contribution in [0.1, 0.15) is 12.5 Å². The fourth-order valence-corrected chi connectivity index (χ4v) is 3.12. The number of para-hydroxylation sites is 1. The van der Waals surface area contributed by atoms with Crippen LogP contribution in [0.15, 0.2) is 54.7 Å². The molecule has 0 aliphatic carbocycles. The number of carbonyl (C=O) groups is 2. The van der Waals surface area contributed by atoms with Crippen molar-refractivity contribution in [2.45, 2.75) is 12.5 Å². The lowest BCUT2D eigenvalue weighted by Crippen LogP contribution is -2.23. The number of anilines is 2. The highest BCUT2D eigenvalue weighted by atomic mass is 35.5. The first-order valence-electron chi connectivity index (χ1n) is 8.21. The Kier molecular flexibility index (Phi) is 4.37. The van der Waals surface area contributed by atoms with Crippen LogP contribution in [-0.4, -0.2) is 21.6 Å². The van der Waals surface area contributed by atoms with Crippen LogP contribution in [0.5, 0.6) is 0 Å². The van der Waals surface area contributed by atoms with Gasteiger partial charge in [0.05, 0.1) is 18.3 Å². The van der Waals surface area contributed by atoms with Gasteiger partial charge in [-0.1, -0.05) is 35.9 Å². The molecular formula is C19H14ClFN4O2. The van der Waals surface area contributed by atoms with Gasteiger partial charge < -0.3 is 10.6 Å². The molecule has 2 aromatic carbocycles. The van der Waals surface area contributed by atoms with Gasteiger partial charge in [-0.3, -0.25) is 9.59 Å². The van der Waals surface area contributed by atoms with Crippen LogP contribution in [0.3, 0.4) is 0 Å². The van der Waals surface area contributed by atoms with Crippen molar-refractivity contribution in [2.24, 2.45) is 0 Å². The predicted molar refractivity (Wildman–Crippen MR) is 100.0 cm³/mol. The Morgan fingerprint density at radius 1 is 1.22 bits per heavy atom. The summed E-state index contributed by atoms with van der Waals surface area (Å²) in [5.41, 5.74) is 1.65. The number of hydrogen-bond acceptors (Lipinski definition) is 3. The Morgan fingerprint density at radius 2 is 1.96 bits per heavy atom. The van der Waals surface area contributed by atoms with Crippen LogP contribution < -0.4 is 10.6 Å². The van der Waals surface area contributed by atoms with Crippen LogP contribution >= 0.6 is 11.6 Å². The van der Waals surface area contributed by atoms with Crippen LogP contribution in [0.25, 0.3) is 11.1 Å². The lowest BCUT2D eigenvalue weighted by Gasteiger charge is -2.10. The van der Waals surface area contributed by atoms with E-state index in [-0.39, 0.29) is 18.0 Å². The summed E-state index contributed by atoms with van der Waals surface area (Å²) >= 11 is 5.91. The maximum absolute atomic E-state index is 13.7. The largest absolute Gasteiger partial charge is 0.324 e. The van der Waals surface area contributed by atoms with E-state index in [0.717, 1.165) is 11.1 Å². The molecule has 2 N–H and O–H groups in total. The number of halogens is 2. The van der Waals surface area contributed by atoms with E-state index < -0.39 is 17.8 Å². The molecule has 0 radical (unpaired) electrons. The average molecular weight is 385 g/mol. The van der Waals surface area contributed by atoms with Crippen molar-refractivity contribution in [3.05, 3.63) is 65.6 Å². The smallest absolute Gasteiger partial charge is 0.251 e. The van der Waals surface area contributed by atoms with Gasteiger partial charge in [0.1, 0.15) is 17.7 Å². The van der Waals surface area contributed by atoms with Gasteiger partial charge >= 0.3 is 0 Å². The molecule has 2 amide bonds. The van der Waals surface area contributed by atoms with Crippen molar-refractivity contribution in [3.8, 4) is 11.1 Å². The van der Waals surface area contributed by atoms with E-state index in [0.29, 0.717) is 10.8 Å².